The van der Waals surface area contributed by atoms with Gasteiger partial charge in [0.05, 0.1) is 12.8 Å². The van der Waals surface area contributed by atoms with Crippen molar-refractivity contribution in [3.8, 4) is 5.88 Å². The number of rotatable bonds is 5. The number of hydrogen-bond acceptors (Lipinski definition) is 6. The summed E-state index contributed by atoms with van der Waals surface area (Å²) in [4.78, 5) is 10.8. The highest BCUT2D eigenvalue weighted by Gasteiger charge is 2.21. The summed E-state index contributed by atoms with van der Waals surface area (Å²) in [5, 5.41) is 7.88. The molecule has 0 saturated carbocycles. The second-order valence-corrected chi connectivity index (χ2v) is 5.20. The summed E-state index contributed by atoms with van der Waals surface area (Å²) in [5.74, 6) is 2.25. The number of nitrogens with zero attached hydrogens (tertiary/aromatic N) is 6. The van der Waals surface area contributed by atoms with Crippen LogP contribution in [0.3, 0.4) is 0 Å². The minimum atomic E-state index is 0.621. The molecule has 112 valence electrons. The van der Waals surface area contributed by atoms with Crippen molar-refractivity contribution in [3.63, 3.8) is 0 Å². The van der Waals surface area contributed by atoms with Crippen molar-refractivity contribution in [1.82, 2.24) is 25.0 Å². The van der Waals surface area contributed by atoms with Crippen molar-refractivity contribution >= 4 is 5.82 Å². The predicted octanol–water partition coefficient (Wildman–Crippen LogP) is 1.38. The third-order valence-electron chi connectivity index (χ3n) is 3.78. The van der Waals surface area contributed by atoms with E-state index in [0.29, 0.717) is 18.4 Å². The highest BCUT2D eigenvalue weighted by atomic mass is 16.5. The fourth-order valence-electron chi connectivity index (χ4n) is 2.67. The second-order valence-electron chi connectivity index (χ2n) is 5.20. The van der Waals surface area contributed by atoms with Gasteiger partial charge in [0.1, 0.15) is 12.1 Å². The summed E-state index contributed by atoms with van der Waals surface area (Å²) in [6.07, 6.45) is 7.49. The van der Waals surface area contributed by atoms with Gasteiger partial charge in [0.2, 0.25) is 5.88 Å². The SMILES string of the molecule is CCOc1cc(N2CCC(Cn3ccnn3)CC2)ncn1. The van der Waals surface area contributed by atoms with Gasteiger partial charge in [-0.1, -0.05) is 5.21 Å². The van der Waals surface area contributed by atoms with Gasteiger partial charge < -0.3 is 9.64 Å². The lowest BCUT2D eigenvalue weighted by Crippen LogP contribution is -2.35. The molecule has 1 fully saturated rings. The highest BCUT2D eigenvalue weighted by Crippen LogP contribution is 2.24. The molecule has 0 aromatic carbocycles. The highest BCUT2D eigenvalue weighted by molar-refractivity contribution is 5.41. The van der Waals surface area contributed by atoms with Gasteiger partial charge >= 0.3 is 0 Å². The smallest absolute Gasteiger partial charge is 0.218 e. The van der Waals surface area contributed by atoms with E-state index in [9.17, 15) is 0 Å². The lowest BCUT2D eigenvalue weighted by atomic mass is 9.97. The lowest BCUT2D eigenvalue weighted by molar-refractivity contribution is 0.324. The minimum Gasteiger partial charge on any atom is -0.478 e. The second kappa shape index (κ2) is 6.51. The van der Waals surface area contributed by atoms with E-state index in [1.807, 2.05) is 23.9 Å². The maximum atomic E-state index is 5.43. The summed E-state index contributed by atoms with van der Waals surface area (Å²) < 4.78 is 7.35. The molecule has 0 atom stereocenters. The Morgan fingerprint density at radius 3 is 2.86 bits per heavy atom. The van der Waals surface area contributed by atoms with E-state index in [-0.39, 0.29) is 0 Å². The Bertz CT molecular complexity index is 550. The molecule has 3 rings (SSSR count). The molecule has 0 N–H and O–H groups in total. The van der Waals surface area contributed by atoms with E-state index >= 15 is 0 Å². The van der Waals surface area contributed by atoms with Gasteiger partial charge in [-0.3, -0.25) is 4.68 Å². The topological polar surface area (TPSA) is 69.0 Å². The Morgan fingerprint density at radius 2 is 2.14 bits per heavy atom. The van der Waals surface area contributed by atoms with Gasteiger partial charge in [-0.15, -0.1) is 5.10 Å². The summed E-state index contributed by atoms with van der Waals surface area (Å²) in [6, 6.07) is 1.92. The van der Waals surface area contributed by atoms with E-state index < -0.39 is 0 Å². The molecular weight excluding hydrogens is 268 g/mol. The molecule has 3 heterocycles. The summed E-state index contributed by atoms with van der Waals surface area (Å²) >= 11 is 0. The molecule has 2 aromatic rings. The third kappa shape index (κ3) is 3.48. The van der Waals surface area contributed by atoms with Gasteiger partial charge in [0, 0.05) is 31.9 Å². The molecule has 21 heavy (non-hydrogen) atoms. The molecule has 1 aliphatic rings. The molecule has 0 radical (unpaired) electrons. The largest absolute Gasteiger partial charge is 0.478 e. The number of aromatic nitrogens is 5. The molecule has 7 nitrogen and oxygen atoms in total. The third-order valence-corrected chi connectivity index (χ3v) is 3.78. The van der Waals surface area contributed by atoms with Crippen molar-refractivity contribution in [3.05, 3.63) is 24.8 Å². The monoisotopic (exact) mass is 288 g/mol. The maximum Gasteiger partial charge on any atom is 0.218 e. The Hall–Kier alpha value is -2.18. The number of piperidine rings is 1. The van der Waals surface area contributed by atoms with Crippen LogP contribution in [0.4, 0.5) is 5.82 Å². The first-order chi connectivity index (χ1) is 10.3. The van der Waals surface area contributed by atoms with E-state index in [1.165, 1.54) is 0 Å². The molecule has 0 aliphatic carbocycles. The summed E-state index contributed by atoms with van der Waals surface area (Å²) in [7, 11) is 0. The van der Waals surface area contributed by atoms with Gasteiger partial charge in [0.25, 0.3) is 0 Å². The average molecular weight is 288 g/mol. The zero-order valence-corrected chi connectivity index (χ0v) is 12.2. The molecular formula is C14H20N6O. The van der Waals surface area contributed by atoms with Crippen LogP contribution in [0.15, 0.2) is 24.8 Å². The molecule has 0 spiro atoms. The van der Waals surface area contributed by atoms with Gasteiger partial charge in [-0.05, 0) is 25.7 Å². The van der Waals surface area contributed by atoms with Crippen LogP contribution < -0.4 is 9.64 Å². The quantitative estimate of drug-likeness (QED) is 0.828. The molecule has 0 unspecified atom stereocenters. The fourth-order valence-corrected chi connectivity index (χ4v) is 2.67. The average Bonchev–Trinajstić information content (AvgIpc) is 3.02. The van der Waals surface area contributed by atoms with Crippen LogP contribution in [0.5, 0.6) is 5.88 Å². The molecule has 0 amide bonds. The van der Waals surface area contributed by atoms with Crippen LogP contribution in [0.2, 0.25) is 0 Å². The van der Waals surface area contributed by atoms with Gasteiger partial charge in [-0.2, -0.15) is 0 Å². The lowest BCUT2D eigenvalue weighted by Gasteiger charge is -2.32. The molecule has 2 aromatic heterocycles. The first-order valence-electron chi connectivity index (χ1n) is 7.39. The first-order valence-corrected chi connectivity index (χ1v) is 7.39. The normalized spacial score (nSPS) is 16.1. The van der Waals surface area contributed by atoms with E-state index in [2.05, 4.69) is 25.2 Å². The van der Waals surface area contributed by atoms with Crippen LogP contribution in [0, 0.1) is 5.92 Å². The van der Waals surface area contributed by atoms with Gasteiger partial charge in [0.15, 0.2) is 0 Å². The molecule has 7 heteroatoms. The summed E-state index contributed by atoms with van der Waals surface area (Å²) in [5.41, 5.74) is 0. The maximum absolute atomic E-state index is 5.43. The number of ether oxygens (including phenoxy) is 1. The van der Waals surface area contributed by atoms with E-state index in [0.717, 1.165) is 38.3 Å². The number of hydrogen-bond donors (Lipinski definition) is 0. The Kier molecular flexibility index (Phi) is 4.28. The zero-order valence-electron chi connectivity index (χ0n) is 12.2. The van der Waals surface area contributed by atoms with Crippen LogP contribution in [0.25, 0.3) is 0 Å². The standard InChI is InChI=1S/C14H20N6O/c1-2-21-14-9-13(15-11-16-14)19-6-3-12(4-7-19)10-20-8-5-17-18-20/h5,8-9,11-12H,2-4,6-7,10H2,1H3. The summed E-state index contributed by atoms with van der Waals surface area (Å²) in [6.45, 7) is 5.53. The molecule has 0 bridgehead atoms. The Labute approximate surface area is 124 Å². The van der Waals surface area contributed by atoms with E-state index in [4.69, 9.17) is 4.74 Å². The number of anilines is 1. The van der Waals surface area contributed by atoms with Crippen LogP contribution >= 0.6 is 0 Å². The minimum absolute atomic E-state index is 0.621. The van der Waals surface area contributed by atoms with Crippen molar-refractivity contribution in [1.29, 1.82) is 0 Å². The van der Waals surface area contributed by atoms with E-state index in [1.54, 1.807) is 12.5 Å². The Morgan fingerprint density at radius 1 is 1.29 bits per heavy atom. The van der Waals surface area contributed by atoms with Crippen LogP contribution in [0.1, 0.15) is 19.8 Å². The van der Waals surface area contributed by atoms with Crippen molar-refractivity contribution in [2.75, 3.05) is 24.6 Å². The fraction of sp³-hybridized carbons (Fsp3) is 0.571. The predicted molar refractivity (Wildman–Crippen MR) is 78.2 cm³/mol. The van der Waals surface area contributed by atoms with Crippen molar-refractivity contribution < 1.29 is 4.74 Å². The molecule has 1 aliphatic heterocycles. The van der Waals surface area contributed by atoms with Gasteiger partial charge in [-0.25, -0.2) is 9.97 Å². The first kappa shape index (κ1) is 13.8. The van der Waals surface area contributed by atoms with Crippen LogP contribution in [-0.2, 0) is 6.54 Å². The van der Waals surface area contributed by atoms with Crippen molar-refractivity contribution in [2.24, 2.45) is 5.92 Å². The van der Waals surface area contributed by atoms with Crippen molar-refractivity contribution in [2.45, 2.75) is 26.3 Å². The molecule has 1 saturated heterocycles. The van der Waals surface area contributed by atoms with Crippen LogP contribution in [-0.4, -0.2) is 44.7 Å². The Balaban J connectivity index is 1.56. The zero-order chi connectivity index (χ0) is 14.5.